The van der Waals surface area contributed by atoms with E-state index in [1.165, 1.54) is 16.5 Å². The van der Waals surface area contributed by atoms with Crippen LogP contribution in [-0.4, -0.2) is 17.8 Å². The molecule has 0 unspecified atom stereocenters. The van der Waals surface area contributed by atoms with E-state index in [1.54, 1.807) is 7.05 Å². The fraction of sp³-hybridized carbons (Fsp3) is 0.182. The number of nitrogens with zero attached hydrogens (tertiary/aromatic N) is 2. The number of aryl methyl sites for hydroxylation is 1. The Morgan fingerprint density at radius 3 is 2.92 bits per heavy atom. The van der Waals surface area contributed by atoms with Crippen molar-refractivity contribution in [3.05, 3.63) is 36.0 Å². The van der Waals surface area contributed by atoms with Gasteiger partial charge >= 0.3 is 0 Å². The van der Waals surface area contributed by atoms with E-state index in [2.05, 4.69) is 47.1 Å². The van der Waals surface area contributed by atoms with Gasteiger partial charge in [0.05, 0.1) is 5.52 Å². The molecule has 0 spiro atoms. The van der Waals surface area contributed by atoms with E-state index in [0.29, 0.717) is 0 Å². The molecule has 2 aromatic rings. The first-order valence-electron chi connectivity index (χ1n) is 4.29. The monoisotopic (exact) mass is 172 g/mol. The summed E-state index contributed by atoms with van der Waals surface area (Å²) < 4.78 is 2.12. The van der Waals surface area contributed by atoms with Gasteiger partial charge in [-0.2, -0.15) is 0 Å². The Morgan fingerprint density at radius 2 is 2.15 bits per heavy atom. The van der Waals surface area contributed by atoms with Crippen LogP contribution >= 0.6 is 0 Å². The first-order valence-corrected chi connectivity index (χ1v) is 4.29. The van der Waals surface area contributed by atoms with Crippen LogP contribution in [0.3, 0.4) is 0 Å². The summed E-state index contributed by atoms with van der Waals surface area (Å²) in [5, 5.41) is 1.26. The molecule has 13 heavy (non-hydrogen) atoms. The zero-order valence-corrected chi connectivity index (χ0v) is 7.86. The molecule has 0 fully saturated rings. The minimum absolute atomic E-state index is 1.17. The molecule has 0 saturated carbocycles. The lowest BCUT2D eigenvalue weighted by Gasteiger charge is -1.99. The molecule has 2 rings (SSSR count). The van der Waals surface area contributed by atoms with Gasteiger partial charge in [0.25, 0.3) is 0 Å². The van der Waals surface area contributed by atoms with E-state index < -0.39 is 0 Å². The maximum absolute atomic E-state index is 4.04. The van der Waals surface area contributed by atoms with Crippen LogP contribution in [0.2, 0.25) is 0 Å². The summed E-state index contributed by atoms with van der Waals surface area (Å²) in [7, 11) is 3.84. The fourth-order valence-corrected chi connectivity index (χ4v) is 1.63. The molecule has 0 atom stereocenters. The highest BCUT2D eigenvalue weighted by Gasteiger charge is 2.00. The van der Waals surface area contributed by atoms with Gasteiger partial charge in [-0.3, -0.25) is 4.99 Å². The Kier molecular flexibility index (Phi) is 1.89. The van der Waals surface area contributed by atoms with E-state index >= 15 is 0 Å². The van der Waals surface area contributed by atoms with Crippen LogP contribution in [0.1, 0.15) is 5.56 Å². The van der Waals surface area contributed by atoms with Crippen molar-refractivity contribution in [1.82, 2.24) is 4.57 Å². The summed E-state index contributed by atoms with van der Waals surface area (Å²) in [6.45, 7) is 0. The van der Waals surface area contributed by atoms with Gasteiger partial charge in [0.1, 0.15) is 0 Å². The number of benzene rings is 1. The predicted octanol–water partition coefficient (Wildman–Crippen LogP) is 2.23. The maximum atomic E-state index is 4.04. The Morgan fingerprint density at radius 1 is 1.31 bits per heavy atom. The smallest absolute Gasteiger partial charge is 0.0566 e. The molecule has 1 aromatic carbocycles. The Balaban J connectivity index is 2.80. The molecule has 1 aromatic heterocycles. The van der Waals surface area contributed by atoms with E-state index in [4.69, 9.17) is 0 Å². The topological polar surface area (TPSA) is 17.3 Å². The lowest BCUT2D eigenvalue weighted by atomic mass is 10.1. The van der Waals surface area contributed by atoms with Gasteiger partial charge in [-0.1, -0.05) is 18.2 Å². The third kappa shape index (κ3) is 1.24. The lowest BCUT2D eigenvalue weighted by molar-refractivity contribution is 0.968. The van der Waals surface area contributed by atoms with Crippen LogP contribution in [-0.2, 0) is 7.05 Å². The van der Waals surface area contributed by atoms with Crippen molar-refractivity contribution in [2.45, 2.75) is 0 Å². The van der Waals surface area contributed by atoms with Gasteiger partial charge < -0.3 is 4.57 Å². The molecule has 0 aliphatic heterocycles. The van der Waals surface area contributed by atoms with Crippen LogP contribution in [0.4, 0.5) is 0 Å². The molecule has 66 valence electrons. The summed E-state index contributed by atoms with van der Waals surface area (Å²) in [5.41, 5.74) is 2.42. The van der Waals surface area contributed by atoms with Crippen molar-refractivity contribution in [2.75, 3.05) is 7.05 Å². The van der Waals surface area contributed by atoms with Crippen LogP contribution in [0, 0.1) is 0 Å². The van der Waals surface area contributed by atoms with Crippen molar-refractivity contribution < 1.29 is 0 Å². The Hall–Kier alpha value is -1.57. The zero-order valence-electron chi connectivity index (χ0n) is 7.86. The van der Waals surface area contributed by atoms with Crippen molar-refractivity contribution in [1.29, 1.82) is 0 Å². The SMILES string of the molecule is CN=Cc1cccc2ccn(C)c12. The summed E-state index contributed by atoms with van der Waals surface area (Å²) in [6, 6.07) is 8.36. The zero-order chi connectivity index (χ0) is 9.26. The average molecular weight is 172 g/mol. The molecule has 0 N–H and O–H groups in total. The minimum atomic E-state index is 1.17. The van der Waals surface area contributed by atoms with Gasteiger partial charge in [0.2, 0.25) is 0 Å². The number of fused-ring (bicyclic) bond motifs is 1. The van der Waals surface area contributed by atoms with Crippen LogP contribution in [0.15, 0.2) is 35.5 Å². The summed E-state index contributed by atoms with van der Waals surface area (Å²) in [5.74, 6) is 0. The van der Waals surface area contributed by atoms with E-state index in [1.807, 2.05) is 6.21 Å². The predicted molar refractivity (Wildman–Crippen MR) is 56.4 cm³/mol. The highest BCUT2D eigenvalue weighted by Crippen LogP contribution is 2.17. The quantitative estimate of drug-likeness (QED) is 0.587. The van der Waals surface area contributed by atoms with Gasteiger partial charge in [-0.05, 0) is 6.07 Å². The molecule has 2 heteroatoms. The fourth-order valence-electron chi connectivity index (χ4n) is 1.63. The number of rotatable bonds is 1. The molecule has 1 heterocycles. The van der Waals surface area contributed by atoms with E-state index in [0.717, 1.165) is 0 Å². The minimum Gasteiger partial charge on any atom is -0.350 e. The Bertz CT molecular complexity index is 452. The standard InChI is InChI=1S/C11H12N2/c1-12-8-10-5-3-4-9-6-7-13(2)11(9)10/h3-8H,1-2H3. The van der Waals surface area contributed by atoms with Crippen molar-refractivity contribution in [3.63, 3.8) is 0 Å². The van der Waals surface area contributed by atoms with Gasteiger partial charge in [-0.15, -0.1) is 0 Å². The van der Waals surface area contributed by atoms with E-state index in [9.17, 15) is 0 Å². The average Bonchev–Trinajstić information content (AvgIpc) is 2.50. The normalized spacial score (nSPS) is 11.5. The first kappa shape index (κ1) is 8.05. The second-order valence-corrected chi connectivity index (χ2v) is 3.10. The second kappa shape index (κ2) is 3.05. The number of hydrogen-bond acceptors (Lipinski definition) is 1. The molecule has 2 nitrogen and oxygen atoms in total. The first-order chi connectivity index (χ1) is 6.33. The third-order valence-corrected chi connectivity index (χ3v) is 2.20. The number of hydrogen-bond donors (Lipinski definition) is 0. The van der Waals surface area contributed by atoms with Crippen molar-refractivity contribution >= 4 is 17.1 Å². The van der Waals surface area contributed by atoms with Crippen LogP contribution in [0.5, 0.6) is 0 Å². The molecule has 0 saturated heterocycles. The summed E-state index contributed by atoms with van der Waals surface area (Å²) in [4.78, 5) is 4.04. The third-order valence-electron chi connectivity index (χ3n) is 2.20. The largest absolute Gasteiger partial charge is 0.350 e. The van der Waals surface area contributed by atoms with Crippen molar-refractivity contribution in [3.8, 4) is 0 Å². The molecule has 0 amide bonds. The summed E-state index contributed by atoms with van der Waals surface area (Å²) in [6.07, 6.45) is 3.96. The molecule has 0 radical (unpaired) electrons. The molecule has 0 bridgehead atoms. The molecular formula is C11H12N2. The maximum Gasteiger partial charge on any atom is 0.0566 e. The number of aromatic nitrogens is 1. The van der Waals surface area contributed by atoms with Crippen LogP contribution in [0.25, 0.3) is 10.9 Å². The van der Waals surface area contributed by atoms with Gasteiger partial charge in [0.15, 0.2) is 0 Å². The molecule has 0 aliphatic carbocycles. The highest BCUT2D eigenvalue weighted by atomic mass is 14.9. The van der Waals surface area contributed by atoms with Crippen LogP contribution < -0.4 is 0 Å². The Labute approximate surface area is 77.5 Å². The van der Waals surface area contributed by atoms with Gasteiger partial charge in [-0.25, -0.2) is 0 Å². The van der Waals surface area contributed by atoms with E-state index in [-0.39, 0.29) is 0 Å². The highest BCUT2D eigenvalue weighted by molar-refractivity contribution is 5.98. The lowest BCUT2D eigenvalue weighted by Crippen LogP contribution is -1.90. The second-order valence-electron chi connectivity index (χ2n) is 3.10. The number of aliphatic imine (C=N–C) groups is 1. The number of para-hydroxylation sites is 1. The van der Waals surface area contributed by atoms with Crippen molar-refractivity contribution in [2.24, 2.45) is 12.0 Å². The molecule has 0 aliphatic rings. The summed E-state index contributed by atoms with van der Waals surface area (Å²) >= 11 is 0. The molecular weight excluding hydrogens is 160 g/mol. The van der Waals surface area contributed by atoms with Gasteiger partial charge in [0, 0.05) is 37.5 Å².